The SMILES string of the molecule is CCCC1CC1NC(=O)Nc1cccc(C(=O)O)c1O. The van der Waals surface area contributed by atoms with Crippen LogP contribution in [0.1, 0.15) is 36.5 Å². The van der Waals surface area contributed by atoms with Crippen molar-refractivity contribution >= 4 is 17.7 Å². The third-order valence-corrected chi connectivity index (χ3v) is 3.41. The molecule has 1 aromatic rings. The minimum atomic E-state index is -1.24. The second-order valence-corrected chi connectivity index (χ2v) is 5.00. The summed E-state index contributed by atoms with van der Waals surface area (Å²) in [5.41, 5.74) is -0.145. The van der Waals surface area contributed by atoms with Crippen LogP contribution >= 0.6 is 0 Å². The van der Waals surface area contributed by atoms with Crippen molar-refractivity contribution in [3.63, 3.8) is 0 Å². The number of rotatable bonds is 5. The molecule has 4 N–H and O–H groups in total. The minimum absolute atomic E-state index is 0.0927. The highest BCUT2D eigenvalue weighted by Gasteiger charge is 2.37. The zero-order chi connectivity index (χ0) is 14.7. The van der Waals surface area contributed by atoms with E-state index in [0.717, 1.165) is 19.3 Å². The van der Waals surface area contributed by atoms with E-state index in [1.807, 2.05) is 0 Å². The molecule has 6 heteroatoms. The third-order valence-electron chi connectivity index (χ3n) is 3.41. The van der Waals surface area contributed by atoms with Crippen molar-refractivity contribution in [2.75, 3.05) is 5.32 Å². The number of urea groups is 1. The maximum atomic E-state index is 11.8. The van der Waals surface area contributed by atoms with E-state index in [1.54, 1.807) is 0 Å². The van der Waals surface area contributed by atoms with Gasteiger partial charge in [-0.05, 0) is 30.9 Å². The molecule has 1 aliphatic rings. The lowest BCUT2D eigenvalue weighted by Crippen LogP contribution is -2.31. The number of para-hydroxylation sites is 1. The van der Waals surface area contributed by atoms with Crippen molar-refractivity contribution in [2.45, 2.75) is 32.2 Å². The molecule has 108 valence electrons. The van der Waals surface area contributed by atoms with Crippen LogP contribution in [0.25, 0.3) is 0 Å². The number of hydrogen-bond donors (Lipinski definition) is 4. The van der Waals surface area contributed by atoms with Crippen molar-refractivity contribution in [2.24, 2.45) is 5.92 Å². The average Bonchev–Trinajstić information content (AvgIpc) is 3.10. The molecule has 1 aromatic carbocycles. The number of hydrogen-bond acceptors (Lipinski definition) is 3. The van der Waals surface area contributed by atoms with E-state index in [-0.39, 0.29) is 17.3 Å². The van der Waals surface area contributed by atoms with E-state index in [4.69, 9.17) is 5.11 Å². The van der Waals surface area contributed by atoms with Gasteiger partial charge < -0.3 is 20.8 Å². The van der Waals surface area contributed by atoms with Gasteiger partial charge in [0.15, 0.2) is 5.75 Å². The second kappa shape index (κ2) is 5.81. The number of anilines is 1. The summed E-state index contributed by atoms with van der Waals surface area (Å²) in [4.78, 5) is 22.6. The number of phenols is 1. The Morgan fingerprint density at radius 2 is 2.15 bits per heavy atom. The predicted molar refractivity (Wildman–Crippen MR) is 74.0 cm³/mol. The molecule has 2 amide bonds. The molecule has 6 nitrogen and oxygen atoms in total. The van der Waals surface area contributed by atoms with Gasteiger partial charge in [-0.3, -0.25) is 0 Å². The Morgan fingerprint density at radius 1 is 1.40 bits per heavy atom. The van der Waals surface area contributed by atoms with Crippen molar-refractivity contribution in [3.8, 4) is 5.75 Å². The van der Waals surface area contributed by atoms with Crippen LogP contribution in [-0.2, 0) is 0 Å². The molecule has 0 spiro atoms. The molecule has 1 saturated carbocycles. The fourth-order valence-corrected chi connectivity index (χ4v) is 2.26. The first kappa shape index (κ1) is 14.2. The summed E-state index contributed by atoms with van der Waals surface area (Å²) in [5, 5.41) is 23.9. The summed E-state index contributed by atoms with van der Waals surface area (Å²) in [6.07, 6.45) is 3.15. The van der Waals surface area contributed by atoms with Crippen LogP contribution in [-0.4, -0.2) is 28.3 Å². The van der Waals surface area contributed by atoms with E-state index in [1.165, 1.54) is 18.2 Å². The van der Waals surface area contributed by atoms with E-state index in [9.17, 15) is 14.7 Å². The van der Waals surface area contributed by atoms with Crippen LogP contribution in [0.2, 0.25) is 0 Å². The maximum absolute atomic E-state index is 11.8. The quantitative estimate of drug-likeness (QED) is 0.621. The summed E-state index contributed by atoms with van der Waals surface area (Å²) in [6, 6.07) is 3.96. The zero-order valence-electron chi connectivity index (χ0n) is 11.2. The fraction of sp³-hybridized carbons (Fsp3) is 0.429. The van der Waals surface area contributed by atoms with Gasteiger partial charge in [0, 0.05) is 6.04 Å². The number of benzene rings is 1. The minimum Gasteiger partial charge on any atom is -0.505 e. The summed E-state index contributed by atoms with van der Waals surface area (Å²) < 4.78 is 0. The van der Waals surface area contributed by atoms with Crippen LogP contribution in [0.3, 0.4) is 0 Å². The molecule has 0 radical (unpaired) electrons. The number of carbonyl (C=O) groups is 2. The van der Waals surface area contributed by atoms with Crippen molar-refractivity contribution in [3.05, 3.63) is 23.8 Å². The molecule has 0 aromatic heterocycles. The largest absolute Gasteiger partial charge is 0.505 e. The highest BCUT2D eigenvalue weighted by molar-refractivity contribution is 5.97. The summed E-state index contributed by atoms with van der Waals surface area (Å²) in [7, 11) is 0. The predicted octanol–water partition coefficient (Wildman–Crippen LogP) is 2.40. The van der Waals surface area contributed by atoms with Crippen LogP contribution in [0, 0.1) is 5.92 Å². The Bertz CT molecular complexity index is 530. The average molecular weight is 278 g/mol. The Labute approximate surface area is 116 Å². The number of carboxylic acid groups (broad SMARTS) is 1. The Balaban J connectivity index is 1.95. The van der Waals surface area contributed by atoms with Gasteiger partial charge in [0.25, 0.3) is 0 Å². The standard InChI is InChI=1S/C14H18N2O4/c1-2-4-8-7-11(8)16-14(20)15-10-6-3-5-9(12(10)17)13(18)19/h3,5-6,8,11,17H,2,4,7H2,1H3,(H,18,19)(H2,15,16,20). The van der Waals surface area contributed by atoms with Gasteiger partial charge in [-0.2, -0.15) is 0 Å². The van der Waals surface area contributed by atoms with Gasteiger partial charge in [0.1, 0.15) is 5.56 Å². The van der Waals surface area contributed by atoms with Gasteiger partial charge >= 0.3 is 12.0 Å². The topological polar surface area (TPSA) is 98.7 Å². The molecule has 2 unspecified atom stereocenters. The van der Waals surface area contributed by atoms with Gasteiger partial charge in [0.05, 0.1) is 5.69 Å². The highest BCUT2D eigenvalue weighted by atomic mass is 16.4. The van der Waals surface area contributed by atoms with E-state index < -0.39 is 17.7 Å². The molecular formula is C14H18N2O4. The normalized spacial score (nSPS) is 20.2. The number of aromatic carboxylic acids is 1. The van der Waals surface area contributed by atoms with E-state index in [0.29, 0.717) is 5.92 Å². The first-order valence-electron chi connectivity index (χ1n) is 6.65. The molecule has 1 fully saturated rings. The van der Waals surface area contributed by atoms with E-state index in [2.05, 4.69) is 17.6 Å². The molecule has 0 aliphatic heterocycles. The van der Waals surface area contributed by atoms with Gasteiger partial charge in [0.2, 0.25) is 0 Å². The van der Waals surface area contributed by atoms with Crippen LogP contribution in [0.5, 0.6) is 5.75 Å². The van der Waals surface area contributed by atoms with Crippen LogP contribution in [0.4, 0.5) is 10.5 Å². The van der Waals surface area contributed by atoms with Crippen molar-refractivity contribution in [1.82, 2.24) is 5.32 Å². The van der Waals surface area contributed by atoms with Gasteiger partial charge in [-0.25, -0.2) is 9.59 Å². The molecule has 20 heavy (non-hydrogen) atoms. The molecular weight excluding hydrogens is 260 g/mol. The molecule has 1 aliphatic carbocycles. The van der Waals surface area contributed by atoms with E-state index >= 15 is 0 Å². The Hall–Kier alpha value is -2.24. The zero-order valence-corrected chi connectivity index (χ0v) is 11.2. The first-order chi connectivity index (χ1) is 9.52. The molecule has 2 rings (SSSR count). The lowest BCUT2D eigenvalue weighted by atomic mass is 10.1. The monoisotopic (exact) mass is 278 g/mol. The lowest BCUT2D eigenvalue weighted by Gasteiger charge is -2.10. The third kappa shape index (κ3) is 3.20. The Kier molecular flexibility index (Phi) is 4.12. The smallest absolute Gasteiger partial charge is 0.339 e. The number of carboxylic acids is 1. The van der Waals surface area contributed by atoms with Gasteiger partial charge in [-0.15, -0.1) is 0 Å². The maximum Gasteiger partial charge on any atom is 0.339 e. The van der Waals surface area contributed by atoms with Crippen molar-refractivity contribution in [1.29, 1.82) is 0 Å². The summed E-state index contributed by atoms with van der Waals surface area (Å²) in [6.45, 7) is 2.10. The molecule has 0 heterocycles. The molecule has 0 saturated heterocycles. The van der Waals surface area contributed by atoms with Crippen LogP contribution in [0.15, 0.2) is 18.2 Å². The molecule has 2 atom stereocenters. The van der Waals surface area contributed by atoms with Crippen LogP contribution < -0.4 is 10.6 Å². The summed E-state index contributed by atoms with van der Waals surface area (Å²) in [5.74, 6) is -1.14. The molecule has 0 bridgehead atoms. The number of amides is 2. The number of carbonyl (C=O) groups excluding carboxylic acids is 1. The Morgan fingerprint density at radius 3 is 2.80 bits per heavy atom. The van der Waals surface area contributed by atoms with Gasteiger partial charge in [-0.1, -0.05) is 19.4 Å². The fourth-order valence-electron chi connectivity index (χ4n) is 2.26. The number of nitrogens with one attached hydrogen (secondary N) is 2. The summed E-state index contributed by atoms with van der Waals surface area (Å²) >= 11 is 0. The number of aromatic hydroxyl groups is 1. The lowest BCUT2D eigenvalue weighted by molar-refractivity contribution is 0.0693. The van der Waals surface area contributed by atoms with Crippen molar-refractivity contribution < 1.29 is 19.8 Å². The second-order valence-electron chi connectivity index (χ2n) is 5.00. The first-order valence-corrected chi connectivity index (χ1v) is 6.65. The highest BCUT2D eigenvalue weighted by Crippen LogP contribution is 2.34.